The maximum absolute atomic E-state index is 12.5. The maximum Gasteiger partial charge on any atom is 0.337 e. The van der Waals surface area contributed by atoms with E-state index in [1.807, 2.05) is 18.2 Å². The lowest BCUT2D eigenvalue weighted by atomic mass is 10.2. The minimum atomic E-state index is -3.22. The lowest BCUT2D eigenvalue weighted by molar-refractivity contribution is 0.216. The number of rotatable bonds is 7. The fourth-order valence-corrected chi connectivity index (χ4v) is 3.25. The maximum atomic E-state index is 12.5. The average Bonchev–Trinajstić information content (AvgIpc) is 2.40. The van der Waals surface area contributed by atoms with Gasteiger partial charge in [-0.05, 0) is 26.8 Å². The molecular formula is C14H21O4P. The van der Waals surface area contributed by atoms with Gasteiger partial charge in [-0.1, -0.05) is 30.3 Å². The summed E-state index contributed by atoms with van der Waals surface area (Å²) >= 11 is 0. The molecule has 0 bridgehead atoms. The van der Waals surface area contributed by atoms with Gasteiger partial charge in [-0.15, -0.1) is 0 Å². The molecule has 0 amide bonds. The molecule has 1 unspecified atom stereocenters. The van der Waals surface area contributed by atoms with Crippen LogP contribution in [0, 0.1) is 0 Å². The van der Waals surface area contributed by atoms with Crippen LogP contribution >= 0.6 is 7.60 Å². The highest BCUT2D eigenvalue weighted by atomic mass is 31.2. The van der Waals surface area contributed by atoms with Crippen LogP contribution in [0.2, 0.25) is 0 Å². The lowest BCUT2D eigenvalue weighted by Crippen LogP contribution is -2.08. The van der Waals surface area contributed by atoms with Gasteiger partial charge in [0.25, 0.3) is 0 Å². The first kappa shape index (κ1) is 16.0. The summed E-state index contributed by atoms with van der Waals surface area (Å²) in [6, 6.07) is 9.09. The van der Waals surface area contributed by atoms with Crippen molar-refractivity contribution in [1.29, 1.82) is 0 Å². The van der Waals surface area contributed by atoms with Gasteiger partial charge in [0.15, 0.2) is 0 Å². The summed E-state index contributed by atoms with van der Waals surface area (Å²) in [5, 5.41) is 10.0. The molecule has 1 aromatic carbocycles. The standard InChI is InChI=1S/C14H21O4P/c1-4-17-19(16,18-5-2)12(3)11-14(15)13-9-7-6-8-10-13/h6-12,15H,4-5H2,1-3H3/b14-11-. The topological polar surface area (TPSA) is 55.8 Å². The van der Waals surface area contributed by atoms with E-state index in [9.17, 15) is 9.67 Å². The summed E-state index contributed by atoms with van der Waals surface area (Å²) in [5.74, 6) is 0.0766. The van der Waals surface area contributed by atoms with Gasteiger partial charge >= 0.3 is 7.60 Å². The zero-order chi connectivity index (χ0) is 14.3. The summed E-state index contributed by atoms with van der Waals surface area (Å²) in [6.45, 7) is 5.85. The molecule has 0 aliphatic heterocycles. The van der Waals surface area contributed by atoms with Crippen molar-refractivity contribution in [2.75, 3.05) is 13.2 Å². The third kappa shape index (κ3) is 4.50. The number of allylic oxidation sites excluding steroid dienone is 1. The third-order valence-corrected chi connectivity index (χ3v) is 4.97. The Kier molecular flexibility index (Phi) is 6.29. The highest BCUT2D eigenvalue weighted by Crippen LogP contribution is 2.53. The molecule has 5 heteroatoms. The number of benzene rings is 1. The summed E-state index contributed by atoms with van der Waals surface area (Å²) in [5.41, 5.74) is 0.168. The first-order chi connectivity index (χ1) is 9.03. The molecule has 0 aliphatic rings. The van der Waals surface area contributed by atoms with E-state index in [4.69, 9.17) is 9.05 Å². The van der Waals surface area contributed by atoms with Crippen molar-refractivity contribution in [2.24, 2.45) is 0 Å². The molecule has 0 saturated carbocycles. The predicted octanol–water partition coefficient (Wildman–Crippen LogP) is 4.24. The fraction of sp³-hybridized carbons (Fsp3) is 0.429. The zero-order valence-electron chi connectivity index (χ0n) is 11.6. The molecule has 106 valence electrons. The number of aliphatic hydroxyl groups is 1. The van der Waals surface area contributed by atoms with Crippen molar-refractivity contribution in [2.45, 2.75) is 26.4 Å². The van der Waals surface area contributed by atoms with E-state index >= 15 is 0 Å². The minimum Gasteiger partial charge on any atom is -0.508 e. The van der Waals surface area contributed by atoms with Crippen molar-refractivity contribution in [3.63, 3.8) is 0 Å². The Bertz CT molecular complexity index is 446. The highest BCUT2D eigenvalue weighted by Gasteiger charge is 2.30. The predicted molar refractivity (Wildman–Crippen MR) is 77.4 cm³/mol. The first-order valence-electron chi connectivity index (χ1n) is 6.38. The van der Waals surface area contributed by atoms with Crippen LogP contribution in [0.25, 0.3) is 5.76 Å². The van der Waals surface area contributed by atoms with Crippen molar-refractivity contribution >= 4 is 13.4 Å². The number of aliphatic hydroxyl groups excluding tert-OH is 1. The fourth-order valence-electron chi connectivity index (χ4n) is 1.66. The van der Waals surface area contributed by atoms with Crippen molar-refractivity contribution < 1.29 is 18.7 Å². The zero-order valence-corrected chi connectivity index (χ0v) is 12.5. The molecule has 0 heterocycles. The second-order valence-corrected chi connectivity index (χ2v) is 6.44. The Hall–Kier alpha value is -1.09. The van der Waals surface area contributed by atoms with Gasteiger partial charge in [0.2, 0.25) is 0 Å². The van der Waals surface area contributed by atoms with E-state index in [2.05, 4.69) is 0 Å². The summed E-state index contributed by atoms with van der Waals surface area (Å²) in [4.78, 5) is 0. The number of hydrogen-bond donors (Lipinski definition) is 1. The van der Waals surface area contributed by atoms with Crippen LogP contribution in [-0.2, 0) is 13.6 Å². The SMILES string of the molecule is CCOP(=O)(OCC)C(C)/C=C(\O)c1ccccc1. The normalized spacial score (nSPS) is 14.4. The number of hydrogen-bond acceptors (Lipinski definition) is 4. The van der Waals surface area contributed by atoms with Crippen LogP contribution in [0.5, 0.6) is 0 Å². The molecule has 0 aliphatic carbocycles. The second-order valence-electron chi connectivity index (χ2n) is 4.03. The van der Waals surface area contributed by atoms with E-state index in [-0.39, 0.29) is 5.76 Å². The molecule has 1 rings (SSSR count). The summed E-state index contributed by atoms with van der Waals surface area (Å²) < 4.78 is 23.0. The van der Waals surface area contributed by atoms with Gasteiger partial charge in [0, 0.05) is 5.56 Å². The Labute approximate surface area is 114 Å². The molecule has 4 nitrogen and oxygen atoms in total. The van der Waals surface area contributed by atoms with Crippen LogP contribution in [0.4, 0.5) is 0 Å². The quantitative estimate of drug-likeness (QED) is 0.601. The smallest absolute Gasteiger partial charge is 0.337 e. The molecular weight excluding hydrogens is 263 g/mol. The first-order valence-corrected chi connectivity index (χ1v) is 7.99. The molecule has 1 aromatic rings. The van der Waals surface area contributed by atoms with Crippen LogP contribution in [0.3, 0.4) is 0 Å². The largest absolute Gasteiger partial charge is 0.508 e. The van der Waals surface area contributed by atoms with Gasteiger partial charge < -0.3 is 14.2 Å². The molecule has 0 spiro atoms. The molecule has 1 N–H and O–H groups in total. The van der Waals surface area contributed by atoms with Gasteiger partial charge in [0.1, 0.15) is 5.76 Å². The molecule has 19 heavy (non-hydrogen) atoms. The highest BCUT2D eigenvalue weighted by molar-refractivity contribution is 7.54. The monoisotopic (exact) mass is 284 g/mol. The Morgan fingerprint density at radius 3 is 2.26 bits per heavy atom. The summed E-state index contributed by atoms with van der Waals surface area (Å²) in [6.07, 6.45) is 1.52. The van der Waals surface area contributed by atoms with Gasteiger partial charge in [-0.3, -0.25) is 4.57 Å². The average molecular weight is 284 g/mol. The molecule has 0 radical (unpaired) electrons. The van der Waals surface area contributed by atoms with E-state index < -0.39 is 13.3 Å². The van der Waals surface area contributed by atoms with Gasteiger partial charge in [0.05, 0.1) is 18.9 Å². The van der Waals surface area contributed by atoms with Crippen LogP contribution in [-0.4, -0.2) is 24.0 Å². The Morgan fingerprint density at radius 1 is 1.26 bits per heavy atom. The van der Waals surface area contributed by atoms with E-state index in [1.165, 1.54) is 6.08 Å². The Morgan fingerprint density at radius 2 is 1.79 bits per heavy atom. The Balaban J connectivity index is 2.92. The molecule has 0 saturated heterocycles. The van der Waals surface area contributed by atoms with Crippen molar-refractivity contribution in [3.8, 4) is 0 Å². The van der Waals surface area contributed by atoms with E-state index in [0.717, 1.165) is 0 Å². The minimum absolute atomic E-state index is 0.0766. The molecule has 0 aromatic heterocycles. The van der Waals surface area contributed by atoms with Gasteiger partial charge in [-0.2, -0.15) is 0 Å². The van der Waals surface area contributed by atoms with Crippen LogP contribution < -0.4 is 0 Å². The second kappa shape index (κ2) is 7.49. The van der Waals surface area contributed by atoms with E-state index in [1.54, 1.807) is 32.9 Å². The van der Waals surface area contributed by atoms with Crippen LogP contribution in [0.1, 0.15) is 26.3 Å². The van der Waals surface area contributed by atoms with Crippen LogP contribution in [0.15, 0.2) is 36.4 Å². The molecule has 0 fully saturated rings. The van der Waals surface area contributed by atoms with Crippen molar-refractivity contribution in [3.05, 3.63) is 42.0 Å². The summed E-state index contributed by atoms with van der Waals surface area (Å²) in [7, 11) is -3.22. The molecule has 1 atom stereocenters. The third-order valence-electron chi connectivity index (χ3n) is 2.59. The lowest BCUT2D eigenvalue weighted by Gasteiger charge is -2.21. The van der Waals surface area contributed by atoms with Crippen molar-refractivity contribution in [1.82, 2.24) is 0 Å². The van der Waals surface area contributed by atoms with Gasteiger partial charge in [-0.25, -0.2) is 0 Å². The van der Waals surface area contributed by atoms with E-state index in [0.29, 0.717) is 18.8 Å².